The summed E-state index contributed by atoms with van der Waals surface area (Å²) in [5.41, 5.74) is 0. The lowest BCUT2D eigenvalue weighted by Crippen LogP contribution is -2.29. The summed E-state index contributed by atoms with van der Waals surface area (Å²) in [6, 6.07) is 3.43. The molecule has 94 valence electrons. The van der Waals surface area contributed by atoms with Gasteiger partial charge in [-0.15, -0.1) is 6.58 Å². The number of hydrogen-bond acceptors (Lipinski definition) is 2. The number of ether oxygens (including phenoxy) is 1. The maximum absolute atomic E-state index is 6.06. The predicted octanol–water partition coefficient (Wildman–Crippen LogP) is 4.30. The maximum Gasteiger partial charge on any atom is 0.139 e. The van der Waals surface area contributed by atoms with E-state index in [0.717, 1.165) is 17.6 Å². The Morgan fingerprint density at radius 1 is 1.47 bits per heavy atom. The van der Waals surface area contributed by atoms with Gasteiger partial charge < -0.3 is 10.1 Å². The molecule has 0 heterocycles. The smallest absolute Gasteiger partial charge is 0.139 e. The standard InChI is InChI=1S/C12H14BrCl2NO/c1-3-4-16-7-8(2)17-12-6-10(14)9(13)5-11(12)15/h3,5-6,8,16H,1,4,7H2,2H3. The average molecular weight is 339 g/mol. The minimum absolute atomic E-state index is 0.00434. The van der Waals surface area contributed by atoms with Crippen LogP contribution in [-0.2, 0) is 0 Å². The van der Waals surface area contributed by atoms with E-state index < -0.39 is 0 Å². The second kappa shape index (κ2) is 7.27. The van der Waals surface area contributed by atoms with Crippen LogP contribution in [0.25, 0.3) is 0 Å². The van der Waals surface area contributed by atoms with Crippen molar-refractivity contribution in [3.05, 3.63) is 39.3 Å². The zero-order valence-corrected chi connectivity index (χ0v) is 12.6. The summed E-state index contributed by atoms with van der Waals surface area (Å²) in [5, 5.41) is 4.29. The molecule has 0 saturated carbocycles. The first kappa shape index (κ1) is 14.8. The molecule has 5 heteroatoms. The van der Waals surface area contributed by atoms with Crippen LogP contribution >= 0.6 is 39.1 Å². The van der Waals surface area contributed by atoms with E-state index in [1.165, 1.54) is 0 Å². The molecular formula is C12H14BrCl2NO. The van der Waals surface area contributed by atoms with Crippen LogP contribution in [0, 0.1) is 0 Å². The summed E-state index contributed by atoms with van der Waals surface area (Å²) in [4.78, 5) is 0. The largest absolute Gasteiger partial charge is 0.488 e. The van der Waals surface area contributed by atoms with E-state index in [4.69, 9.17) is 27.9 Å². The first-order chi connectivity index (χ1) is 8.04. The van der Waals surface area contributed by atoms with Crippen LogP contribution in [0.1, 0.15) is 6.92 Å². The van der Waals surface area contributed by atoms with E-state index in [1.54, 1.807) is 18.2 Å². The summed E-state index contributed by atoms with van der Waals surface area (Å²) in [7, 11) is 0. The van der Waals surface area contributed by atoms with Gasteiger partial charge in [-0.25, -0.2) is 0 Å². The molecule has 1 aromatic rings. The van der Waals surface area contributed by atoms with Crippen molar-refractivity contribution < 1.29 is 4.74 Å². The summed E-state index contributed by atoms with van der Waals surface area (Å²) < 4.78 is 6.45. The van der Waals surface area contributed by atoms with Crippen molar-refractivity contribution in [3.8, 4) is 5.75 Å². The highest BCUT2D eigenvalue weighted by Crippen LogP contribution is 2.34. The first-order valence-electron chi connectivity index (χ1n) is 5.17. The average Bonchev–Trinajstić information content (AvgIpc) is 2.26. The van der Waals surface area contributed by atoms with Crippen molar-refractivity contribution >= 4 is 39.1 Å². The Morgan fingerprint density at radius 3 is 2.82 bits per heavy atom. The Kier molecular flexibility index (Phi) is 6.34. The molecule has 1 aromatic carbocycles. The Bertz CT molecular complexity index is 398. The quantitative estimate of drug-likeness (QED) is 0.474. The number of rotatable bonds is 6. The fourth-order valence-electron chi connectivity index (χ4n) is 1.24. The van der Waals surface area contributed by atoms with Gasteiger partial charge >= 0.3 is 0 Å². The van der Waals surface area contributed by atoms with Crippen molar-refractivity contribution in [1.82, 2.24) is 5.32 Å². The molecule has 2 nitrogen and oxygen atoms in total. The van der Waals surface area contributed by atoms with Crippen LogP contribution in [0.2, 0.25) is 10.0 Å². The van der Waals surface area contributed by atoms with Gasteiger partial charge in [-0.1, -0.05) is 29.3 Å². The first-order valence-corrected chi connectivity index (χ1v) is 6.72. The van der Waals surface area contributed by atoms with Crippen LogP contribution in [0.5, 0.6) is 5.75 Å². The van der Waals surface area contributed by atoms with Crippen LogP contribution in [0.4, 0.5) is 0 Å². The highest BCUT2D eigenvalue weighted by atomic mass is 79.9. The van der Waals surface area contributed by atoms with Gasteiger partial charge in [-0.05, 0) is 28.9 Å². The molecule has 1 rings (SSSR count). The van der Waals surface area contributed by atoms with Crippen LogP contribution in [0.15, 0.2) is 29.3 Å². The summed E-state index contributed by atoms with van der Waals surface area (Å²) in [6.07, 6.45) is 1.81. The van der Waals surface area contributed by atoms with Crippen LogP contribution in [0.3, 0.4) is 0 Å². The van der Waals surface area contributed by atoms with E-state index in [0.29, 0.717) is 15.8 Å². The Labute approximate surface area is 120 Å². The second-order valence-corrected chi connectivity index (χ2v) is 5.24. The highest BCUT2D eigenvalue weighted by molar-refractivity contribution is 9.10. The van der Waals surface area contributed by atoms with Gasteiger partial charge in [0.1, 0.15) is 11.9 Å². The van der Waals surface area contributed by atoms with E-state index in [9.17, 15) is 0 Å². The van der Waals surface area contributed by atoms with Gasteiger partial charge in [0.2, 0.25) is 0 Å². The molecule has 1 N–H and O–H groups in total. The normalized spacial score (nSPS) is 12.2. The molecule has 0 spiro atoms. The lowest BCUT2D eigenvalue weighted by Gasteiger charge is -2.16. The number of hydrogen-bond donors (Lipinski definition) is 1. The van der Waals surface area contributed by atoms with Gasteiger partial charge in [0.05, 0.1) is 10.0 Å². The zero-order chi connectivity index (χ0) is 12.8. The van der Waals surface area contributed by atoms with Crippen molar-refractivity contribution in [2.24, 2.45) is 0 Å². The molecule has 0 aliphatic rings. The molecule has 0 saturated heterocycles. The van der Waals surface area contributed by atoms with E-state index in [2.05, 4.69) is 27.8 Å². The molecular weight excluding hydrogens is 325 g/mol. The third-order valence-electron chi connectivity index (χ3n) is 2.02. The topological polar surface area (TPSA) is 21.3 Å². The number of halogens is 3. The fraction of sp³-hybridized carbons (Fsp3) is 0.333. The summed E-state index contributed by atoms with van der Waals surface area (Å²) in [6.45, 7) is 7.06. The Balaban J connectivity index is 2.61. The number of nitrogens with one attached hydrogen (secondary N) is 1. The number of benzene rings is 1. The molecule has 1 atom stereocenters. The minimum atomic E-state index is 0.00434. The van der Waals surface area contributed by atoms with Crippen LogP contribution < -0.4 is 10.1 Å². The fourth-order valence-corrected chi connectivity index (χ4v) is 2.08. The van der Waals surface area contributed by atoms with E-state index in [1.807, 2.05) is 6.92 Å². The van der Waals surface area contributed by atoms with Gasteiger partial charge in [0, 0.05) is 23.6 Å². The van der Waals surface area contributed by atoms with Crippen molar-refractivity contribution in [2.75, 3.05) is 13.1 Å². The van der Waals surface area contributed by atoms with Gasteiger partial charge in [-0.3, -0.25) is 0 Å². The SMILES string of the molecule is C=CCNCC(C)Oc1cc(Cl)c(Br)cc1Cl. The summed E-state index contributed by atoms with van der Waals surface area (Å²) >= 11 is 15.3. The van der Waals surface area contributed by atoms with E-state index in [-0.39, 0.29) is 6.10 Å². The predicted molar refractivity (Wildman–Crippen MR) is 77.3 cm³/mol. The molecule has 1 unspecified atom stereocenters. The van der Waals surface area contributed by atoms with Crippen molar-refractivity contribution in [3.63, 3.8) is 0 Å². The van der Waals surface area contributed by atoms with Gasteiger partial charge in [0.15, 0.2) is 0 Å². The lowest BCUT2D eigenvalue weighted by molar-refractivity contribution is 0.219. The monoisotopic (exact) mass is 337 g/mol. The molecule has 0 fully saturated rings. The Morgan fingerprint density at radius 2 is 2.18 bits per heavy atom. The Hall–Kier alpha value is -0.220. The van der Waals surface area contributed by atoms with Crippen molar-refractivity contribution in [1.29, 1.82) is 0 Å². The van der Waals surface area contributed by atoms with Gasteiger partial charge in [-0.2, -0.15) is 0 Å². The van der Waals surface area contributed by atoms with Crippen LogP contribution in [-0.4, -0.2) is 19.2 Å². The minimum Gasteiger partial charge on any atom is -0.488 e. The molecule has 0 radical (unpaired) electrons. The molecule has 0 aliphatic heterocycles. The second-order valence-electron chi connectivity index (χ2n) is 3.57. The summed E-state index contributed by atoms with van der Waals surface area (Å²) in [5.74, 6) is 0.591. The molecule has 0 aromatic heterocycles. The van der Waals surface area contributed by atoms with E-state index >= 15 is 0 Å². The highest BCUT2D eigenvalue weighted by Gasteiger charge is 2.10. The molecule has 0 amide bonds. The molecule has 0 aliphatic carbocycles. The molecule has 0 bridgehead atoms. The third-order valence-corrected chi connectivity index (χ3v) is 3.52. The zero-order valence-electron chi connectivity index (χ0n) is 9.47. The van der Waals surface area contributed by atoms with Crippen molar-refractivity contribution in [2.45, 2.75) is 13.0 Å². The third kappa shape index (κ3) is 4.88. The maximum atomic E-state index is 6.06. The van der Waals surface area contributed by atoms with Gasteiger partial charge in [0.25, 0.3) is 0 Å². The lowest BCUT2D eigenvalue weighted by atomic mass is 10.3. The molecule has 17 heavy (non-hydrogen) atoms.